The van der Waals surface area contributed by atoms with Gasteiger partial charge in [-0.15, -0.1) is 0 Å². The molecule has 3 aromatic carbocycles. The number of nitrogens with one attached hydrogen (secondary N) is 1. The van der Waals surface area contributed by atoms with E-state index in [0.717, 1.165) is 28.8 Å². The zero-order valence-corrected chi connectivity index (χ0v) is 22.4. The zero-order valence-electron chi connectivity index (χ0n) is 22.4. The summed E-state index contributed by atoms with van der Waals surface area (Å²) in [5, 5.41) is 3.05. The molecule has 0 aliphatic carbocycles. The first kappa shape index (κ1) is 28.0. The van der Waals surface area contributed by atoms with Crippen molar-refractivity contribution >= 4 is 23.5 Å². The third kappa shape index (κ3) is 7.08. The van der Waals surface area contributed by atoms with E-state index in [-0.39, 0.29) is 12.6 Å². The van der Waals surface area contributed by atoms with Gasteiger partial charge in [0.15, 0.2) is 0 Å². The number of carbonyl (C=O) groups excluding carboxylic acids is 3. The normalized spacial score (nSPS) is 12.3. The minimum absolute atomic E-state index is 0.181. The van der Waals surface area contributed by atoms with Crippen molar-refractivity contribution in [2.75, 3.05) is 11.5 Å². The van der Waals surface area contributed by atoms with Gasteiger partial charge in [0.05, 0.1) is 12.6 Å². The SMILES string of the molecule is CCOC(=O)/C=C/C(=O)N(c1ccc(-c2ccccc2)cc1)[C@@H](C(=O)N[C@@H](C)c1ccccc1)c1cccnc1. The summed E-state index contributed by atoms with van der Waals surface area (Å²) >= 11 is 0. The first-order valence-electron chi connectivity index (χ1n) is 13.1. The fraction of sp³-hybridized carbons (Fsp3) is 0.152. The number of anilines is 1. The van der Waals surface area contributed by atoms with Crippen molar-refractivity contribution in [3.63, 3.8) is 0 Å². The number of carbonyl (C=O) groups is 3. The molecular weight excluding hydrogens is 502 g/mol. The van der Waals surface area contributed by atoms with Gasteiger partial charge in [0, 0.05) is 35.8 Å². The smallest absolute Gasteiger partial charge is 0.330 e. The predicted octanol–water partition coefficient (Wildman–Crippen LogP) is 5.82. The van der Waals surface area contributed by atoms with Crippen molar-refractivity contribution < 1.29 is 19.1 Å². The van der Waals surface area contributed by atoms with Gasteiger partial charge < -0.3 is 10.1 Å². The highest BCUT2D eigenvalue weighted by Gasteiger charge is 2.33. The van der Waals surface area contributed by atoms with Crippen LogP contribution in [0.5, 0.6) is 0 Å². The van der Waals surface area contributed by atoms with Crippen molar-refractivity contribution in [3.8, 4) is 11.1 Å². The van der Waals surface area contributed by atoms with E-state index < -0.39 is 23.8 Å². The Morgan fingerprint density at radius 2 is 1.45 bits per heavy atom. The van der Waals surface area contributed by atoms with Crippen LogP contribution < -0.4 is 10.2 Å². The van der Waals surface area contributed by atoms with Crippen molar-refractivity contribution in [2.45, 2.75) is 25.9 Å². The molecule has 4 rings (SSSR count). The molecule has 0 saturated carbocycles. The Balaban J connectivity index is 1.75. The highest BCUT2D eigenvalue weighted by atomic mass is 16.5. The summed E-state index contributed by atoms with van der Waals surface area (Å²) in [6.45, 7) is 3.75. The van der Waals surface area contributed by atoms with Gasteiger partial charge in [0.25, 0.3) is 5.91 Å². The summed E-state index contributed by atoms with van der Waals surface area (Å²) in [4.78, 5) is 45.2. The van der Waals surface area contributed by atoms with Crippen LogP contribution in [0.3, 0.4) is 0 Å². The molecule has 0 unspecified atom stereocenters. The number of benzene rings is 3. The van der Waals surface area contributed by atoms with Crippen LogP contribution in [0.15, 0.2) is 122 Å². The molecule has 1 aromatic heterocycles. The number of hydrogen-bond donors (Lipinski definition) is 1. The average Bonchev–Trinajstić information content (AvgIpc) is 3.00. The third-order valence-electron chi connectivity index (χ3n) is 6.30. The quantitative estimate of drug-likeness (QED) is 0.205. The Morgan fingerprint density at radius 1 is 0.825 bits per heavy atom. The van der Waals surface area contributed by atoms with Crippen LogP contribution in [-0.2, 0) is 19.1 Å². The van der Waals surface area contributed by atoms with Gasteiger partial charge in [0.2, 0.25) is 5.91 Å². The summed E-state index contributed by atoms with van der Waals surface area (Å²) in [6.07, 6.45) is 5.36. The molecule has 202 valence electrons. The van der Waals surface area contributed by atoms with Crippen LogP contribution in [0, 0.1) is 0 Å². The Labute approximate surface area is 234 Å². The van der Waals surface area contributed by atoms with E-state index in [2.05, 4.69) is 10.3 Å². The van der Waals surface area contributed by atoms with E-state index in [1.807, 2.05) is 79.7 Å². The largest absolute Gasteiger partial charge is 0.463 e. The number of hydrogen-bond acceptors (Lipinski definition) is 5. The summed E-state index contributed by atoms with van der Waals surface area (Å²) in [7, 11) is 0. The molecule has 40 heavy (non-hydrogen) atoms. The number of esters is 1. The molecule has 0 saturated heterocycles. The molecule has 7 heteroatoms. The van der Waals surface area contributed by atoms with Crippen molar-refractivity contribution in [1.82, 2.24) is 10.3 Å². The minimum atomic E-state index is -1.07. The first-order chi connectivity index (χ1) is 19.5. The molecule has 0 aliphatic heterocycles. The molecule has 0 aliphatic rings. The monoisotopic (exact) mass is 533 g/mol. The first-order valence-corrected chi connectivity index (χ1v) is 13.1. The van der Waals surface area contributed by atoms with Crippen LogP contribution in [0.1, 0.15) is 37.1 Å². The van der Waals surface area contributed by atoms with E-state index in [1.54, 1.807) is 43.6 Å². The van der Waals surface area contributed by atoms with E-state index in [0.29, 0.717) is 11.3 Å². The summed E-state index contributed by atoms with van der Waals surface area (Å²) in [5.41, 5.74) is 3.90. The van der Waals surface area contributed by atoms with Crippen LogP contribution in [0.4, 0.5) is 5.69 Å². The highest BCUT2D eigenvalue weighted by Crippen LogP contribution is 2.31. The predicted molar refractivity (Wildman–Crippen MR) is 155 cm³/mol. The van der Waals surface area contributed by atoms with Crippen LogP contribution >= 0.6 is 0 Å². The molecular formula is C33H31N3O4. The molecule has 0 spiro atoms. The molecule has 0 fully saturated rings. The van der Waals surface area contributed by atoms with E-state index in [4.69, 9.17) is 4.74 Å². The molecule has 0 bridgehead atoms. The fourth-order valence-corrected chi connectivity index (χ4v) is 4.33. The van der Waals surface area contributed by atoms with Gasteiger partial charge in [-0.25, -0.2) is 4.79 Å². The summed E-state index contributed by atoms with van der Waals surface area (Å²) < 4.78 is 4.95. The number of rotatable bonds is 10. The lowest BCUT2D eigenvalue weighted by molar-refractivity contribution is -0.137. The second-order valence-electron chi connectivity index (χ2n) is 9.04. The number of ether oxygens (including phenoxy) is 1. The van der Waals surface area contributed by atoms with Crippen LogP contribution in [-0.4, -0.2) is 29.4 Å². The second-order valence-corrected chi connectivity index (χ2v) is 9.04. The molecule has 7 nitrogen and oxygen atoms in total. The maximum atomic E-state index is 13.9. The fourth-order valence-electron chi connectivity index (χ4n) is 4.33. The second kappa shape index (κ2) is 13.7. The van der Waals surface area contributed by atoms with Gasteiger partial charge in [-0.3, -0.25) is 19.5 Å². The van der Waals surface area contributed by atoms with Gasteiger partial charge in [-0.1, -0.05) is 78.9 Å². The van der Waals surface area contributed by atoms with Gasteiger partial charge in [-0.2, -0.15) is 0 Å². The van der Waals surface area contributed by atoms with Gasteiger partial charge in [-0.05, 0) is 48.7 Å². The molecule has 0 radical (unpaired) electrons. The lowest BCUT2D eigenvalue weighted by atomic mass is 10.0. The summed E-state index contributed by atoms with van der Waals surface area (Å²) in [6, 6.07) is 28.9. The molecule has 2 atom stereocenters. The Morgan fingerprint density at radius 3 is 2.08 bits per heavy atom. The Bertz CT molecular complexity index is 1440. The van der Waals surface area contributed by atoms with Crippen LogP contribution in [0.2, 0.25) is 0 Å². The average molecular weight is 534 g/mol. The van der Waals surface area contributed by atoms with Gasteiger partial charge >= 0.3 is 5.97 Å². The van der Waals surface area contributed by atoms with Gasteiger partial charge in [0.1, 0.15) is 6.04 Å². The Hall–Kier alpha value is -5.04. The third-order valence-corrected chi connectivity index (χ3v) is 6.30. The topological polar surface area (TPSA) is 88.6 Å². The lowest BCUT2D eigenvalue weighted by Gasteiger charge is -2.31. The molecule has 2 amide bonds. The van der Waals surface area contributed by atoms with Crippen molar-refractivity contribution in [2.24, 2.45) is 0 Å². The van der Waals surface area contributed by atoms with Crippen LogP contribution in [0.25, 0.3) is 11.1 Å². The van der Waals surface area contributed by atoms with E-state index in [9.17, 15) is 14.4 Å². The highest BCUT2D eigenvalue weighted by molar-refractivity contribution is 6.08. The standard InChI is InChI=1S/C33H31N3O4/c1-3-40-31(38)21-20-30(37)36(29-18-16-27(17-19-29)26-13-8-5-9-14-26)32(28-15-10-22-34-23-28)33(39)35-24(2)25-11-6-4-7-12-25/h4-24,32H,3H2,1-2H3,(H,35,39)/b21-20+/t24-,32+/m0/s1. The summed E-state index contributed by atoms with van der Waals surface area (Å²) in [5.74, 6) is -1.60. The lowest BCUT2D eigenvalue weighted by Crippen LogP contribution is -2.44. The minimum Gasteiger partial charge on any atom is -0.463 e. The maximum Gasteiger partial charge on any atom is 0.330 e. The van der Waals surface area contributed by atoms with Crippen molar-refractivity contribution in [1.29, 1.82) is 0 Å². The number of aromatic nitrogens is 1. The zero-order chi connectivity index (χ0) is 28.3. The number of pyridine rings is 1. The molecule has 1 N–H and O–H groups in total. The Kier molecular flexibility index (Phi) is 9.56. The van der Waals surface area contributed by atoms with E-state index in [1.165, 1.54) is 4.90 Å². The van der Waals surface area contributed by atoms with Crippen molar-refractivity contribution in [3.05, 3.63) is 133 Å². The number of nitrogens with zero attached hydrogens (tertiary/aromatic N) is 2. The molecule has 1 heterocycles. The maximum absolute atomic E-state index is 13.9. The molecule has 4 aromatic rings. The van der Waals surface area contributed by atoms with E-state index >= 15 is 0 Å². The number of amides is 2.